The summed E-state index contributed by atoms with van der Waals surface area (Å²) in [5.74, 6) is 1.60. The molecule has 1 aliphatic rings. The Bertz CT molecular complexity index is 667. The number of ether oxygens (including phenoxy) is 2. The van der Waals surface area contributed by atoms with Crippen molar-refractivity contribution in [2.45, 2.75) is 19.4 Å². The van der Waals surface area contributed by atoms with E-state index in [1.807, 2.05) is 6.07 Å². The summed E-state index contributed by atoms with van der Waals surface area (Å²) >= 11 is 0. The molecule has 0 unspecified atom stereocenters. The van der Waals surface area contributed by atoms with Gasteiger partial charge >= 0.3 is 0 Å². The van der Waals surface area contributed by atoms with E-state index in [2.05, 4.69) is 52.3 Å². The van der Waals surface area contributed by atoms with E-state index in [-0.39, 0.29) is 0 Å². The minimum Gasteiger partial charge on any atom is -0.493 e. The summed E-state index contributed by atoms with van der Waals surface area (Å²) in [6.45, 7) is 6.72. The Morgan fingerprint density at radius 3 is 2.15 bits per heavy atom. The molecule has 2 aromatic rings. The maximum Gasteiger partial charge on any atom is 0.161 e. The molecule has 1 fully saturated rings. The SMILES string of the molecule is COc1ccc(CN2CCN(CCCc3ccccc3)CC2)cc1OC. The normalized spacial score (nSPS) is 15.8. The second-order valence-corrected chi connectivity index (χ2v) is 6.90. The lowest BCUT2D eigenvalue weighted by Crippen LogP contribution is -2.46. The largest absolute Gasteiger partial charge is 0.493 e. The molecule has 0 aliphatic carbocycles. The second-order valence-electron chi connectivity index (χ2n) is 6.90. The fourth-order valence-electron chi connectivity index (χ4n) is 3.56. The average Bonchev–Trinajstić information content (AvgIpc) is 2.70. The molecule has 0 atom stereocenters. The lowest BCUT2D eigenvalue weighted by molar-refractivity contribution is 0.126. The Balaban J connectivity index is 1.41. The Morgan fingerprint density at radius 1 is 0.769 bits per heavy atom. The summed E-state index contributed by atoms with van der Waals surface area (Å²) in [7, 11) is 3.37. The third-order valence-electron chi connectivity index (χ3n) is 5.10. The fourth-order valence-corrected chi connectivity index (χ4v) is 3.56. The van der Waals surface area contributed by atoms with Gasteiger partial charge in [0, 0.05) is 32.7 Å². The maximum atomic E-state index is 5.41. The van der Waals surface area contributed by atoms with E-state index >= 15 is 0 Å². The standard InChI is InChI=1S/C22H30N2O2/c1-25-21-11-10-20(17-22(21)26-2)18-24-15-13-23(14-16-24)12-6-9-19-7-4-3-5-8-19/h3-5,7-8,10-11,17H,6,9,12-16,18H2,1-2H3. The molecular weight excluding hydrogens is 324 g/mol. The predicted octanol–water partition coefficient (Wildman–Crippen LogP) is 3.45. The molecule has 0 saturated carbocycles. The van der Waals surface area contributed by atoms with Crippen LogP contribution in [0.1, 0.15) is 17.5 Å². The molecule has 4 nitrogen and oxygen atoms in total. The lowest BCUT2D eigenvalue weighted by Gasteiger charge is -2.34. The summed E-state index contributed by atoms with van der Waals surface area (Å²) in [4.78, 5) is 5.11. The number of benzene rings is 2. The Labute approximate surface area is 157 Å². The van der Waals surface area contributed by atoms with E-state index in [1.165, 1.54) is 30.5 Å². The molecule has 0 spiro atoms. The molecule has 0 amide bonds. The number of hydrogen-bond acceptors (Lipinski definition) is 4. The van der Waals surface area contributed by atoms with Gasteiger partial charge in [0.2, 0.25) is 0 Å². The molecule has 0 bridgehead atoms. The van der Waals surface area contributed by atoms with E-state index in [9.17, 15) is 0 Å². The van der Waals surface area contributed by atoms with Crippen molar-refractivity contribution in [3.63, 3.8) is 0 Å². The van der Waals surface area contributed by atoms with Gasteiger partial charge in [-0.3, -0.25) is 4.90 Å². The molecule has 0 aromatic heterocycles. The van der Waals surface area contributed by atoms with Gasteiger partial charge in [0.05, 0.1) is 14.2 Å². The van der Waals surface area contributed by atoms with Crippen LogP contribution in [0.3, 0.4) is 0 Å². The van der Waals surface area contributed by atoms with Gasteiger partial charge in [-0.1, -0.05) is 36.4 Å². The minimum atomic E-state index is 0.791. The van der Waals surface area contributed by atoms with Crippen LogP contribution in [0.15, 0.2) is 48.5 Å². The van der Waals surface area contributed by atoms with Crippen molar-refractivity contribution in [2.75, 3.05) is 46.9 Å². The zero-order valence-electron chi connectivity index (χ0n) is 16.0. The summed E-state index contributed by atoms with van der Waals surface area (Å²) in [5.41, 5.74) is 2.72. The van der Waals surface area contributed by atoms with Crippen LogP contribution in [0.25, 0.3) is 0 Å². The van der Waals surface area contributed by atoms with Crippen LogP contribution in [-0.2, 0) is 13.0 Å². The lowest BCUT2D eigenvalue weighted by atomic mass is 10.1. The minimum absolute atomic E-state index is 0.791. The monoisotopic (exact) mass is 354 g/mol. The van der Waals surface area contributed by atoms with Gasteiger partial charge in [-0.2, -0.15) is 0 Å². The number of hydrogen-bond donors (Lipinski definition) is 0. The van der Waals surface area contributed by atoms with Crippen molar-refractivity contribution in [3.05, 3.63) is 59.7 Å². The van der Waals surface area contributed by atoms with Crippen molar-refractivity contribution in [2.24, 2.45) is 0 Å². The third-order valence-corrected chi connectivity index (χ3v) is 5.10. The molecule has 4 heteroatoms. The van der Waals surface area contributed by atoms with Gasteiger partial charge in [0.1, 0.15) is 0 Å². The summed E-state index contributed by atoms with van der Waals surface area (Å²) in [6.07, 6.45) is 2.41. The van der Waals surface area contributed by atoms with E-state index < -0.39 is 0 Å². The first-order valence-corrected chi connectivity index (χ1v) is 9.48. The van der Waals surface area contributed by atoms with Crippen LogP contribution >= 0.6 is 0 Å². The quantitative estimate of drug-likeness (QED) is 0.725. The number of aryl methyl sites for hydroxylation is 1. The zero-order valence-corrected chi connectivity index (χ0v) is 16.0. The van der Waals surface area contributed by atoms with Crippen molar-refractivity contribution in [1.29, 1.82) is 0 Å². The van der Waals surface area contributed by atoms with Gasteiger partial charge < -0.3 is 14.4 Å². The topological polar surface area (TPSA) is 24.9 Å². The van der Waals surface area contributed by atoms with Gasteiger partial charge in [0.15, 0.2) is 11.5 Å². The molecule has 1 saturated heterocycles. The molecule has 26 heavy (non-hydrogen) atoms. The molecule has 1 heterocycles. The highest BCUT2D eigenvalue weighted by Crippen LogP contribution is 2.28. The summed E-state index contributed by atoms with van der Waals surface area (Å²) in [5, 5.41) is 0. The van der Waals surface area contributed by atoms with Crippen LogP contribution in [0, 0.1) is 0 Å². The predicted molar refractivity (Wildman–Crippen MR) is 106 cm³/mol. The Morgan fingerprint density at radius 2 is 1.46 bits per heavy atom. The van der Waals surface area contributed by atoms with Crippen molar-refractivity contribution in [1.82, 2.24) is 9.80 Å². The van der Waals surface area contributed by atoms with E-state index in [0.29, 0.717) is 0 Å². The first-order chi connectivity index (χ1) is 12.8. The van der Waals surface area contributed by atoms with Crippen LogP contribution in [-0.4, -0.2) is 56.7 Å². The number of nitrogens with zero attached hydrogens (tertiary/aromatic N) is 2. The molecule has 0 N–H and O–H groups in total. The van der Waals surface area contributed by atoms with Crippen molar-refractivity contribution < 1.29 is 9.47 Å². The van der Waals surface area contributed by atoms with Crippen LogP contribution < -0.4 is 9.47 Å². The van der Waals surface area contributed by atoms with Crippen molar-refractivity contribution >= 4 is 0 Å². The summed E-state index contributed by atoms with van der Waals surface area (Å²) < 4.78 is 10.7. The molecule has 1 aliphatic heterocycles. The Kier molecular flexibility index (Phi) is 6.92. The molecule has 0 radical (unpaired) electrons. The Hall–Kier alpha value is -2.04. The van der Waals surface area contributed by atoms with Crippen LogP contribution in [0.4, 0.5) is 0 Å². The maximum absolute atomic E-state index is 5.41. The third kappa shape index (κ3) is 5.23. The molecule has 2 aromatic carbocycles. The molecule has 3 rings (SSSR count). The number of rotatable bonds is 8. The number of piperazine rings is 1. The highest BCUT2D eigenvalue weighted by atomic mass is 16.5. The summed E-state index contributed by atoms with van der Waals surface area (Å²) in [6, 6.07) is 17.0. The highest BCUT2D eigenvalue weighted by molar-refractivity contribution is 5.42. The smallest absolute Gasteiger partial charge is 0.161 e. The first-order valence-electron chi connectivity index (χ1n) is 9.48. The zero-order chi connectivity index (χ0) is 18.2. The number of methoxy groups -OCH3 is 2. The van der Waals surface area contributed by atoms with Gasteiger partial charge in [0.25, 0.3) is 0 Å². The first kappa shape index (κ1) is 18.7. The van der Waals surface area contributed by atoms with Gasteiger partial charge in [-0.05, 0) is 42.6 Å². The highest BCUT2D eigenvalue weighted by Gasteiger charge is 2.17. The van der Waals surface area contributed by atoms with Crippen LogP contribution in [0.2, 0.25) is 0 Å². The molecular formula is C22H30N2O2. The fraction of sp³-hybridized carbons (Fsp3) is 0.455. The van der Waals surface area contributed by atoms with Crippen LogP contribution in [0.5, 0.6) is 11.5 Å². The average molecular weight is 354 g/mol. The van der Waals surface area contributed by atoms with Gasteiger partial charge in [-0.15, -0.1) is 0 Å². The van der Waals surface area contributed by atoms with E-state index in [0.717, 1.165) is 44.2 Å². The van der Waals surface area contributed by atoms with E-state index in [1.54, 1.807) is 14.2 Å². The van der Waals surface area contributed by atoms with Crippen molar-refractivity contribution in [3.8, 4) is 11.5 Å². The molecule has 140 valence electrons. The second kappa shape index (κ2) is 9.60. The van der Waals surface area contributed by atoms with E-state index in [4.69, 9.17) is 9.47 Å². The van der Waals surface area contributed by atoms with Gasteiger partial charge in [-0.25, -0.2) is 0 Å².